The van der Waals surface area contributed by atoms with Gasteiger partial charge in [0.25, 0.3) is 0 Å². The Kier molecular flexibility index (Phi) is 7.44. The third-order valence-corrected chi connectivity index (χ3v) is 3.97. The standard InChI is InChI=1S/C18H29NO2/c1-5-7-16-9-11-17(12-10-16)15(4)19(14(2)3)13-6-8-18(20)21/h9-12,14-15H,5-8,13H2,1-4H3,(H,20,21). The Morgan fingerprint density at radius 2 is 1.81 bits per heavy atom. The summed E-state index contributed by atoms with van der Waals surface area (Å²) in [6.07, 6.45) is 3.24. The number of aliphatic carboxylic acids is 1. The number of rotatable bonds is 9. The summed E-state index contributed by atoms with van der Waals surface area (Å²) in [6, 6.07) is 9.57. The number of carboxylic acid groups (broad SMARTS) is 1. The molecular weight excluding hydrogens is 262 g/mol. The van der Waals surface area contributed by atoms with E-state index >= 15 is 0 Å². The molecule has 0 heterocycles. The third kappa shape index (κ3) is 5.88. The molecule has 0 saturated carbocycles. The Labute approximate surface area is 129 Å². The van der Waals surface area contributed by atoms with Gasteiger partial charge in [0.15, 0.2) is 0 Å². The molecule has 0 saturated heterocycles. The summed E-state index contributed by atoms with van der Waals surface area (Å²) in [7, 11) is 0. The van der Waals surface area contributed by atoms with Crippen molar-refractivity contribution in [3.8, 4) is 0 Å². The third-order valence-electron chi connectivity index (χ3n) is 3.97. The van der Waals surface area contributed by atoms with Crippen molar-refractivity contribution in [2.45, 2.75) is 65.5 Å². The Morgan fingerprint density at radius 1 is 1.19 bits per heavy atom. The number of benzene rings is 1. The van der Waals surface area contributed by atoms with Crippen molar-refractivity contribution >= 4 is 5.97 Å². The van der Waals surface area contributed by atoms with Crippen LogP contribution in [0.25, 0.3) is 0 Å². The Bertz CT molecular complexity index is 425. The first-order valence-corrected chi connectivity index (χ1v) is 8.02. The molecule has 3 heteroatoms. The molecule has 0 amide bonds. The van der Waals surface area contributed by atoms with Crippen LogP contribution in [0.4, 0.5) is 0 Å². The minimum absolute atomic E-state index is 0.241. The van der Waals surface area contributed by atoms with E-state index in [4.69, 9.17) is 5.11 Å². The monoisotopic (exact) mass is 291 g/mol. The molecular formula is C18H29NO2. The second kappa shape index (κ2) is 8.83. The Hall–Kier alpha value is -1.35. The second-order valence-corrected chi connectivity index (χ2v) is 6.00. The number of carboxylic acids is 1. The second-order valence-electron chi connectivity index (χ2n) is 6.00. The largest absolute Gasteiger partial charge is 0.481 e. The maximum atomic E-state index is 10.7. The predicted molar refractivity (Wildman–Crippen MR) is 87.6 cm³/mol. The molecule has 1 rings (SSSR count). The average Bonchev–Trinajstić information content (AvgIpc) is 2.43. The van der Waals surface area contributed by atoms with E-state index < -0.39 is 5.97 Å². The van der Waals surface area contributed by atoms with E-state index in [0.29, 0.717) is 18.5 Å². The lowest BCUT2D eigenvalue weighted by Gasteiger charge is -2.33. The van der Waals surface area contributed by atoms with Gasteiger partial charge in [-0.1, -0.05) is 37.6 Å². The first kappa shape index (κ1) is 17.7. The van der Waals surface area contributed by atoms with Crippen LogP contribution in [0, 0.1) is 0 Å². The van der Waals surface area contributed by atoms with Gasteiger partial charge in [0.2, 0.25) is 0 Å². The molecule has 0 bridgehead atoms. The summed E-state index contributed by atoms with van der Waals surface area (Å²) < 4.78 is 0. The molecule has 0 spiro atoms. The maximum absolute atomic E-state index is 10.7. The maximum Gasteiger partial charge on any atom is 0.303 e. The van der Waals surface area contributed by atoms with Gasteiger partial charge >= 0.3 is 5.97 Å². The van der Waals surface area contributed by atoms with Gasteiger partial charge in [-0.15, -0.1) is 0 Å². The first-order chi connectivity index (χ1) is 9.95. The van der Waals surface area contributed by atoms with Crippen molar-refractivity contribution in [3.05, 3.63) is 35.4 Å². The van der Waals surface area contributed by atoms with E-state index in [2.05, 4.69) is 56.9 Å². The van der Waals surface area contributed by atoms with Crippen LogP contribution in [-0.4, -0.2) is 28.6 Å². The minimum Gasteiger partial charge on any atom is -0.481 e. The van der Waals surface area contributed by atoms with Crippen LogP contribution in [0.15, 0.2) is 24.3 Å². The van der Waals surface area contributed by atoms with Crippen LogP contribution in [0.1, 0.15) is 64.1 Å². The molecule has 21 heavy (non-hydrogen) atoms. The van der Waals surface area contributed by atoms with Crippen molar-refractivity contribution in [1.82, 2.24) is 4.90 Å². The fraction of sp³-hybridized carbons (Fsp3) is 0.611. The van der Waals surface area contributed by atoms with Crippen LogP contribution >= 0.6 is 0 Å². The smallest absolute Gasteiger partial charge is 0.303 e. The van der Waals surface area contributed by atoms with Gasteiger partial charge in [0, 0.05) is 18.5 Å². The Morgan fingerprint density at radius 3 is 2.29 bits per heavy atom. The first-order valence-electron chi connectivity index (χ1n) is 8.02. The lowest BCUT2D eigenvalue weighted by Crippen LogP contribution is -2.34. The highest BCUT2D eigenvalue weighted by molar-refractivity contribution is 5.66. The highest BCUT2D eigenvalue weighted by Crippen LogP contribution is 2.23. The van der Waals surface area contributed by atoms with Crippen LogP contribution < -0.4 is 0 Å². The van der Waals surface area contributed by atoms with E-state index in [-0.39, 0.29) is 6.42 Å². The summed E-state index contributed by atoms with van der Waals surface area (Å²) in [5, 5.41) is 8.78. The van der Waals surface area contributed by atoms with Gasteiger partial charge in [-0.3, -0.25) is 9.69 Å². The number of hydrogen-bond acceptors (Lipinski definition) is 2. The molecule has 1 unspecified atom stereocenters. The zero-order chi connectivity index (χ0) is 15.8. The normalized spacial score (nSPS) is 12.9. The zero-order valence-corrected chi connectivity index (χ0v) is 13.8. The van der Waals surface area contributed by atoms with E-state index in [1.807, 2.05) is 0 Å². The van der Waals surface area contributed by atoms with E-state index in [1.165, 1.54) is 17.5 Å². The SMILES string of the molecule is CCCc1ccc(C(C)N(CCCC(=O)O)C(C)C)cc1. The summed E-state index contributed by atoms with van der Waals surface area (Å²) in [4.78, 5) is 13.0. The summed E-state index contributed by atoms with van der Waals surface area (Å²) in [5.74, 6) is -0.713. The number of nitrogens with zero attached hydrogens (tertiary/aromatic N) is 1. The number of aryl methyl sites for hydroxylation is 1. The van der Waals surface area contributed by atoms with Crippen molar-refractivity contribution in [2.24, 2.45) is 0 Å². The molecule has 1 atom stereocenters. The molecule has 0 radical (unpaired) electrons. The molecule has 0 fully saturated rings. The van der Waals surface area contributed by atoms with Gasteiger partial charge < -0.3 is 5.11 Å². The topological polar surface area (TPSA) is 40.5 Å². The Balaban J connectivity index is 2.70. The number of hydrogen-bond donors (Lipinski definition) is 1. The molecule has 0 aliphatic rings. The molecule has 0 aliphatic carbocycles. The van der Waals surface area contributed by atoms with Crippen molar-refractivity contribution < 1.29 is 9.90 Å². The van der Waals surface area contributed by atoms with Gasteiger partial charge in [0.1, 0.15) is 0 Å². The minimum atomic E-state index is -0.713. The van der Waals surface area contributed by atoms with Crippen LogP contribution in [0.5, 0.6) is 0 Å². The van der Waals surface area contributed by atoms with Crippen LogP contribution in [0.3, 0.4) is 0 Å². The fourth-order valence-corrected chi connectivity index (χ4v) is 2.75. The quantitative estimate of drug-likeness (QED) is 0.738. The van der Waals surface area contributed by atoms with E-state index in [9.17, 15) is 4.79 Å². The lowest BCUT2D eigenvalue weighted by atomic mass is 10.0. The highest BCUT2D eigenvalue weighted by Gasteiger charge is 2.18. The summed E-state index contributed by atoms with van der Waals surface area (Å²) in [6.45, 7) is 9.56. The molecule has 0 aromatic heterocycles. The lowest BCUT2D eigenvalue weighted by molar-refractivity contribution is -0.137. The van der Waals surface area contributed by atoms with E-state index in [0.717, 1.165) is 13.0 Å². The van der Waals surface area contributed by atoms with Gasteiger partial charge in [-0.2, -0.15) is 0 Å². The van der Waals surface area contributed by atoms with Crippen LogP contribution in [0.2, 0.25) is 0 Å². The molecule has 118 valence electrons. The molecule has 1 N–H and O–H groups in total. The van der Waals surface area contributed by atoms with Gasteiger partial charge in [0.05, 0.1) is 0 Å². The molecule has 0 aliphatic heterocycles. The van der Waals surface area contributed by atoms with E-state index in [1.54, 1.807) is 0 Å². The number of carbonyl (C=O) groups is 1. The summed E-state index contributed by atoms with van der Waals surface area (Å²) >= 11 is 0. The van der Waals surface area contributed by atoms with Crippen molar-refractivity contribution in [1.29, 1.82) is 0 Å². The fourth-order valence-electron chi connectivity index (χ4n) is 2.75. The van der Waals surface area contributed by atoms with Crippen molar-refractivity contribution in [2.75, 3.05) is 6.54 Å². The molecule has 3 nitrogen and oxygen atoms in total. The molecule has 1 aromatic carbocycles. The average molecular weight is 291 g/mol. The van der Waals surface area contributed by atoms with Gasteiger partial charge in [-0.25, -0.2) is 0 Å². The highest BCUT2D eigenvalue weighted by atomic mass is 16.4. The predicted octanol–water partition coefficient (Wildman–Crippen LogP) is 4.28. The zero-order valence-electron chi connectivity index (χ0n) is 13.8. The summed E-state index contributed by atoms with van der Waals surface area (Å²) in [5.41, 5.74) is 2.69. The van der Waals surface area contributed by atoms with Crippen molar-refractivity contribution in [3.63, 3.8) is 0 Å². The van der Waals surface area contributed by atoms with Crippen LogP contribution in [-0.2, 0) is 11.2 Å². The molecule has 1 aromatic rings. The van der Waals surface area contributed by atoms with Gasteiger partial charge in [-0.05, 0) is 51.3 Å².